The Morgan fingerprint density at radius 2 is 1.43 bits per heavy atom. The molecule has 0 atom stereocenters. The summed E-state index contributed by atoms with van der Waals surface area (Å²) in [6.45, 7) is -1.18. The van der Waals surface area contributed by atoms with E-state index < -0.39 is 19.9 Å². The van der Waals surface area contributed by atoms with Crippen molar-refractivity contribution in [3.05, 3.63) is 72.6 Å². The van der Waals surface area contributed by atoms with E-state index in [0.29, 0.717) is 21.6 Å². The fourth-order valence-corrected chi connectivity index (χ4v) is 7.19. The number of halogens is 3. The molecular weight excluding hydrogens is 408 g/mol. The molecule has 0 amide bonds. The summed E-state index contributed by atoms with van der Waals surface area (Å²) in [5.74, 6) is 0.0315. The molecule has 0 spiro atoms. The molecule has 1 aromatic heterocycles. The predicted molar refractivity (Wildman–Crippen MR) is 114 cm³/mol. The van der Waals surface area contributed by atoms with Gasteiger partial charge in [-0.1, -0.05) is 79.9 Å². The number of benzene rings is 2. The van der Waals surface area contributed by atoms with Gasteiger partial charge in [0.2, 0.25) is 0 Å². The Hall–Kier alpha value is -2.33. The van der Waals surface area contributed by atoms with E-state index in [2.05, 4.69) is 5.10 Å². The third kappa shape index (κ3) is 4.24. The summed E-state index contributed by atoms with van der Waals surface area (Å²) in [4.78, 5) is 0. The zero-order valence-electron chi connectivity index (χ0n) is 16.6. The lowest BCUT2D eigenvalue weighted by atomic mass is 9.87. The molecule has 3 nitrogen and oxygen atoms in total. The van der Waals surface area contributed by atoms with E-state index in [4.69, 9.17) is 0 Å². The molecule has 0 unspecified atom stereocenters. The molecule has 158 valence electrons. The second-order valence-electron chi connectivity index (χ2n) is 7.83. The van der Waals surface area contributed by atoms with Crippen LogP contribution in [0.5, 0.6) is 0 Å². The Morgan fingerprint density at radius 3 is 1.93 bits per heavy atom. The fourth-order valence-electron chi connectivity index (χ4n) is 4.30. The van der Waals surface area contributed by atoms with Crippen molar-refractivity contribution in [2.45, 2.75) is 50.7 Å². The maximum atomic E-state index is 14.7. The second-order valence-corrected chi connectivity index (χ2v) is 10.6. The molecule has 3 aromatic rings. The molecule has 1 heterocycles. The van der Waals surface area contributed by atoms with Gasteiger partial charge >= 0.3 is 6.18 Å². The highest BCUT2D eigenvalue weighted by Crippen LogP contribution is 2.46. The molecule has 0 radical (unpaired) electrons. The molecular formula is C23H24F3N2OP. The van der Waals surface area contributed by atoms with Crippen LogP contribution in [0.25, 0.3) is 0 Å². The summed E-state index contributed by atoms with van der Waals surface area (Å²) in [5, 5.41) is 6.02. The standard InChI is InChI=1S/C23H24F3N2OP/c24-23(25,26)17-28-16-21(22(27-28)18-10-4-1-5-11-18)30(29,19-12-6-2-7-13-19)20-14-8-3-9-15-20/h2-3,6-9,12-16,18H,1,4-5,10-11,17H2. The predicted octanol–water partition coefficient (Wildman–Crippen LogP) is 5.13. The zero-order valence-corrected chi connectivity index (χ0v) is 17.4. The summed E-state index contributed by atoms with van der Waals surface area (Å²) >= 11 is 0. The molecule has 1 fully saturated rings. The van der Waals surface area contributed by atoms with Crippen LogP contribution < -0.4 is 15.9 Å². The molecule has 1 aliphatic rings. The van der Waals surface area contributed by atoms with Gasteiger partial charge in [-0.3, -0.25) is 4.68 Å². The highest BCUT2D eigenvalue weighted by molar-refractivity contribution is 7.85. The largest absolute Gasteiger partial charge is 0.408 e. The molecule has 4 rings (SSSR count). The van der Waals surface area contributed by atoms with Crippen molar-refractivity contribution in [1.29, 1.82) is 0 Å². The zero-order chi connectivity index (χ0) is 21.2. The average Bonchev–Trinajstić information content (AvgIpc) is 3.17. The molecule has 1 saturated carbocycles. The van der Waals surface area contributed by atoms with Gasteiger partial charge in [0, 0.05) is 22.7 Å². The van der Waals surface area contributed by atoms with Crippen LogP contribution in [0, 0.1) is 0 Å². The van der Waals surface area contributed by atoms with Crippen molar-refractivity contribution in [1.82, 2.24) is 9.78 Å². The van der Waals surface area contributed by atoms with E-state index in [9.17, 15) is 17.7 Å². The number of alkyl halides is 3. The van der Waals surface area contributed by atoms with Gasteiger partial charge in [0.05, 0.1) is 11.0 Å². The van der Waals surface area contributed by atoms with Gasteiger partial charge in [0.25, 0.3) is 0 Å². The lowest BCUT2D eigenvalue weighted by Crippen LogP contribution is -2.27. The van der Waals surface area contributed by atoms with Gasteiger partial charge in [-0.2, -0.15) is 18.3 Å². The Kier molecular flexibility index (Phi) is 5.88. The third-order valence-corrected chi connectivity index (χ3v) is 8.76. The molecule has 7 heteroatoms. The van der Waals surface area contributed by atoms with Crippen molar-refractivity contribution in [2.75, 3.05) is 0 Å². The van der Waals surface area contributed by atoms with Crippen molar-refractivity contribution < 1.29 is 17.7 Å². The van der Waals surface area contributed by atoms with Crippen LogP contribution in [0.2, 0.25) is 0 Å². The first-order chi connectivity index (χ1) is 14.4. The van der Waals surface area contributed by atoms with E-state index in [1.165, 1.54) is 6.20 Å². The number of hydrogen-bond acceptors (Lipinski definition) is 2. The Bertz CT molecular complexity index is 982. The van der Waals surface area contributed by atoms with Crippen LogP contribution in [0.3, 0.4) is 0 Å². The quantitative estimate of drug-likeness (QED) is 0.524. The van der Waals surface area contributed by atoms with Crippen LogP contribution in [-0.2, 0) is 11.1 Å². The van der Waals surface area contributed by atoms with E-state index >= 15 is 0 Å². The van der Waals surface area contributed by atoms with Gasteiger partial charge in [0.1, 0.15) is 6.54 Å². The summed E-state index contributed by atoms with van der Waals surface area (Å²) in [6.07, 6.45) is 1.84. The molecule has 0 bridgehead atoms. The summed E-state index contributed by atoms with van der Waals surface area (Å²) < 4.78 is 55.1. The van der Waals surface area contributed by atoms with Crippen molar-refractivity contribution >= 4 is 23.1 Å². The van der Waals surface area contributed by atoms with Crippen LogP contribution in [0.4, 0.5) is 13.2 Å². The molecule has 0 aliphatic heterocycles. The smallest absolute Gasteiger partial charge is 0.309 e. The van der Waals surface area contributed by atoms with E-state index in [1.54, 1.807) is 24.3 Å². The first kappa shape index (κ1) is 20.9. The number of aromatic nitrogens is 2. The Labute approximate surface area is 174 Å². The highest BCUT2D eigenvalue weighted by atomic mass is 31.2. The lowest BCUT2D eigenvalue weighted by Gasteiger charge is -2.24. The number of hydrogen-bond donors (Lipinski definition) is 0. The van der Waals surface area contributed by atoms with Gasteiger partial charge in [-0.25, -0.2) is 0 Å². The molecule has 1 aliphatic carbocycles. The number of rotatable bonds is 5. The summed E-state index contributed by atoms with van der Waals surface area (Å²) in [6, 6.07) is 18.1. The summed E-state index contributed by atoms with van der Waals surface area (Å²) in [5.41, 5.74) is 0.565. The van der Waals surface area contributed by atoms with Crippen molar-refractivity contribution in [2.24, 2.45) is 0 Å². The summed E-state index contributed by atoms with van der Waals surface area (Å²) in [7, 11) is -3.38. The van der Waals surface area contributed by atoms with Gasteiger partial charge < -0.3 is 4.57 Å². The maximum Gasteiger partial charge on any atom is 0.408 e. The molecule has 0 saturated heterocycles. The monoisotopic (exact) mass is 432 g/mol. The first-order valence-corrected chi connectivity index (χ1v) is 11.9. The third-order valence-electron chi connectivity index (χ3n) is 5.68. The minimum atomic E-state index is -4.39. The Morgan fingerprint density at radius 1 is 0.900 bits per heavy atom. The van der Waals surface area contributed by atoms with Gasteiger partial charge in [-0.05, 0) is 12.8 Å². The topological polar surface area (TPSA) is 34.9 Å². The molecule has 2 aromatic carbocycles. The fraction of sp³-hybridized carbons (Fsp3) is 0.348. The minimum absolute atomic E-state index is 0.0315. The highest BCUT2D eigenvalue weighted by Gasteiger charge is 2.38. The van der Waals surface area contributed by atoms with E-state index in [-0.39, 0.29) is 5.92 Å². The lowest BCUT2D eigenvalue weighted by molar-refractivity contribution is -0.142. The first-order valence-electron chi connectivity index (χ1n) is 10.2. The van der Waals surface area contributed by atoms with Crippen molar-refractivity contribution in [3.63, 3.8) is 0 Å². The maximum absolute atomic E-state index is 14.7. The minimum Gasteiger partial charge on any atom is -0.309 e. The normalized spacial score (nSPS) is 16.0. The number of nitrogens with zero attached hydrogens (tertiary/aromatic N) is 2. The second kappa shape index (κ2) is 8.43. The van der Waals surface area contributed by atoms with Crippen molar-refractivity contribution in [3.8, 4) is 0 Å². The van der Waals surface area contributed by atoms with Crippen LogP contribution in [0.15, 0.2) is 66.9 Å². The van der Waals surface area contributed by atoms with Gasteiger partial charge in [-0.15, -0.1) is 0 Å². The van der Waals surface area contributed by atoms with Crippen LogP contribution >= 0.6 is 7.14 Å². The van der Waals surface area contributed by atoms with E-state index in [1.807, 2.05) is 36.4 Å². The molecule has 0 N–H and O–H groups in total. The Balaban J connectivity index is 1.92. The van der Waals surface area contributed by atoms with Crippen LogP contribution in [0.1, 0.15) is 43.7 Å². The SMILES string of the molecule is O=P(c1ccccc1)(c1ccccc1)c1cn(CC(F)(F)F)nc1C1CCCCC1. The van der Waals surface area contributed by atoms with Crippen LogP contribution in [-0.4, -0.2) is 16.0 Å². The van der Waals surface area contributed by atoms with Gasteiger partial charge in [0.15, 0.2) is 7.14 Å². The molecule has 30 heavy (non-hydrogen) atoms. The van der Waals surface area contributed by atoms with E-state index in [0.717, 1.165) is 36.8 Å². The average molecular weight is 432 g/mol.